The number of aryl methyl sites for hydroxylation is 1. The van der Waals surface area contributed by atoms with Gasteiger partial charge in [0, 0.05) is 31.0 Å². The van der Waals surface area contributed by atoms with Gasteiger partial charge in [0.2, 0.25) is 11.8 Å². The number of amides is 2. The van der Waals surface area contributed by atoms with Crippen molar-refractivity contribution < 1.29 is 9.59 Å². The summed E-state index contributed by atoms with van der Waals surface area (Å²) < 4.78 is 0. The predicted octanol–water partition coefficient (Wildman–Crippen LogP) is 2.61. The molecule has 1 aromatic heterocycles. The van der Waals surface area contributed by atoms with Gasteiger partial charge in [0.25, 0.3) is 0 Å². The van der Waals surface area contributed by atoms with E-state index in [2.05, 4.69) is 27.3 Å². The van der Waals surface area contributed by atoms with Gasteiger partial charge in [-0.2, -0.15) is 0 Å². The molecule has 2 heterocycles. The van der Waals surface area contributed by atoms with Gasteiger partial charge in [-0.3, -0.25) is 19.5 Å². The van der Waals surface area contributed by atoms with Gasteiger partial charge >= 0.3 is 0 Å². The first-order valence-electron chi connectivity index (χ1n) is 9.79. The van der Waals surface area contributed by atoms with Crippen LogP contribution in [0.3, 0.4) is 0 Å². The lowest BCUT2D eigenvalue weighted by Gasteiger charge is -2.28. The van der Waals surface area contributed by atoms with E-state index in [1.54, 1.807) is 24.5 Å². The minimum Gasteiger partial charge on any atom is -0.370 e. The van der Waals surface area contributed by atoms with Crippen LogP contribution in [0.2, 0.25) is 0 Å². The zero-order chi connectivity index (χ0) is 19.8. The normalized spacial score (nSPS) is 19.4. The average Bonchev–Trinajstić information content (AvgIpc) is 3.05. The number of benzene rings is 1. The van der Waals surface area contributed by atoms with Crippen LogP contribution in [0.5, 0.6) is 0 Å². The first-order valence-corrected chi connectivity index (χ1v) is 9.79. The Hall–Kier alpha value is -2.73. The SMILES string of the molecule is NC(=O)CC1(CCCc2ccccc2)CCN(CC(=O)Nc2ccncc2)C1. The molecular weight excluding hydrogens is 352 g/mol. The number of rotatable bonds is 9. The zero-order valence-electron chi connectivity index (χ0n) is 16.1. The molecular formula is C22H28N4O2. The second-order valence-corrected chi connectivity index (χ2v) is 7.73. The Morgan fingerprint density at radius 2 is 1.89 bits per heavy atom. The molecule has 1 atom stereocenters. The van der Waals surface area contributed by atoms with Crippen LogP contribution < -0.4 is 11.1 Å². The van der Waals surface area contributed by atoms with E-state index < -0.39 is 0 Å². The van der Waals surface area contributed by atoms with Gasteiger partial charge in [-0.15, -0.1) is 0 Å². The molecule has 2 aromatic rings. The summed E-state index contributed by atoms with van der Waals surface area (Å²) in [5, 5.41) is 2.89. The van der Waals surface area contributed by atoms with Gasteiger partial charge in [0.15, 0.2) is 0 Å². The van der Waals surface area contributed by atoms with Crippen molar-refractivity contribution in [3.63, 3.8) is 0 Å². The molecule has 0 aliphatic carbocycles. The van der Waals surface area contributed by atoms with Crippen molar-refractivity contribution >= 4 is 17.5 Å². The summed E-state index contributed by atoms with van der Waals surface area (Å²) in [5.74, 6) is -0.312. The van der Waals surface area contributed by atoms with Crippen LogP contribution in [-0.2, 0) is 16.0 Å². The van der Waals surface area contributed by atoms with Gasteiger partial charge in [0.05, 0.1) is 6.54 Å². The van der Waals surface area contributed by atoms with Crippen molar-refractivity contribution in [2.75, 3.05) is 25.0 Å². The number of nitrogens with zero attached hydrogens (tertiary/aromatic N) is 2. The van der Waals surface area contributed by atoms with Crippen molar-refractivity contribution in [1.82, 2.24) is 9.88 Å². The lowest BCUT2D eigenvalue weighted by atomic mass is 9.78. The first-order chi connectivity index (χ1) is 13.5. The number of hydrogen-bond donors (Lipinski definition) is 2. The molecule has 1 aliphatic rings. The van der Waals surface area contributed by atoms with Crippen molar-refractivity contribution in [3.05, 3.63) is 60.4 Å². The molecule has 1 unspecified atom stereocenters. The molecule has 1 fully saturated rings. The molecule has 3 N–H and O–H groups in total. The highest BCUT2D eigenvalue weighted by atomic mass is 16.2. The van der Waals surface area contributed by atoms with Gasteiger partial charge in [-0.05, 0) is 55.3 Å². The van der Waals surface area contributed by atoms with Crippen LogP contribution in [0.4, 0.5) is 5.69 Å². The monoisotopic (exact) mass is 380 g/mol. The van der Waals surface area contributed by atoms with E-state index in [9.17, 15) is 9.59 Å². The van der Waals surface area contributed by atoms with Crippen LogP contribution in [0.1, 0.15) is 31.2 Å². The van der Waals surface area contributed by atoms with Crippen LogP contribution in [0.15, 0.2) is 54.9 Å². The van der Waals surface area contributed by atoms with Crippen LogP contribution in [0, 0.1) is 5.41 Å². The average molecular weight is 380 g/mol. The van der Waals surface area contributed by atoms with Crippen LogP contribution in [0.25, 0.3) is 0 Å². The molecule has 1 aliphatic heterocycles. The molecule has 1 aromatic carbocycles. The second kappa shape index (κ2) is 9.46. The number of primary amides is 1. The van der Waals surface area contributed by atoms with Crippen molar-refractivity contribution in [2.45, 2.75) is 32.1 Å². The minimum absolute atomic E-state index is 0.0506. The van der Waals surface area contributed by atoms with E-state index in [-0.39, 0.29) is 17.2 Å². The van der Waals surface area contributed by atoms with Crippen LogP contribution in [-0.4, -0.2) is 41.3 Å². The summed E-state index contributed by atoms with van der Waals surface area (Å²) in [6.45, 7) is 1.86. The largest absolute Gasteiger partial charge is 0.370 e. The summed E-state index contributed by atoms with van der Waals surface area (Å²) in [7, 11) is 0. The number of aromatic nitrogens is 1. The fourth-order valence-electron chi connectivity index (χ4n) is 4.12. The molecule has 28 heavy (non-hydrogen) atoms. The summed E-state index contributed by atoms with van der Waals surface area (Å²) in [6, 6.07) is 13.9. The summed E-state index contributed by atoms with van der Waals surface area (Å²) in [4.78, 5) is 30.1. The van der Waals surface area contributed by atoms with E-state index in [1.165, 1.54) is 5.56 Å². The summed E-state index contributed by atoms with van der Waals surface area (Å²) in [6.07, 6.45) is 7.51. The summed E-state index contributed by atoms with van der Waals surface area (Å²) in [5.41, 5.74) is 7.47. The lowest BCUT2D eigenvalue weighted by Crippen LogP contribution is -2.35. The second-order valence-electron chi connectivity index (χ2n) is 7.73. The molecule has 0 spiro atoms. The van der Waals surface area contributed by atoms with Gasteiger partial charge < -0.3 is 11.1 Å². The number of pyridine rings is 1. The zero-order valence-corrected chi connectivity index (χ0v) is 16.1. The Kier molecular flexibility index (Phi) is 6.76. The maximum Gasteiger partial charge on any atom is 0.238 e. The standard InChI is InChI=1S/C22H28N4O2/c23-20(27)15-22(10-4-7-18-5-2-1-3-6-18)11-14-26(17-22)16-21(28)25-19-8-12-24-13-9-19/h1-3,5-6,8-9,12-13H,4,7,10-11,14-17H2,(H2,23,27)(H,24,25,28). The number of nitrogens with two attached hydrogens (primary N) is 1. The van der Waals surface area contributed by atoms with Gasteiger partial charge in [-0.25, -0.2) is 0 Å². The molecule has 148 valence electrons. The predicted molar refractivity (Wildman–Crippen MR) is 110 cm³/mol. The number of nitrogens with one attached hydrogen (secondary N) is 1. The third-order valence-electron chi connectivity index (χ3n) is 5.41. The third kappa shape index (κ3) is 5.89. The maximum atomic E-state index is 12.3. The molecule has 2 amide bonds. The Morgan fingerprint density at radius 1 is 1.14 bits per heavy atom. The third-order valence-corrected chi connectivity index (χ3v) is 5.41. The highest BCUT2D eigenvalue weighted by Gasteiger charge is 2.39. The summed E-state index contributed by atoms with van der Waals surface area (Å²) >= 11 is 0. The first kappa shape index (κ1) is 20.0. The van der Waals surface area contributed by atoms with Crippen molar-refractivity contribution in [3.8, 4) is 0 Å². The van der Waals surface area contributed by atoms with E-state index in [0.29, 0.717) is 13.0 Å². The van der Waals surface area contributed by atoms with Gasteiger partial charge in [-0.1, -0.05) is 30.3 Å². The number of likely N-dealkylation sites (tertiary alicyclic amines) is 1. The highest BCUT2D eigenvalue weighted by molar-refractivity contribution is 5.92. The lowest BCUT2D eigenvalue weighted by molar-refractivity contribution is -0.120. The van der Waals surface area contributed by atoms with Crippen molar-refractivity contribution in [2.24, 2.45) is 11.1 Å². The van der Waals surface area contributed by atoms with E-state index in [0.717, 1.165) is 44.5 Å². The Bertz CT molecular complexity index is 782. The Balaban J connectivity index is 1.53. The fourth-order valence-corrected chi connectivity index (χ4v) is 4.12. The van der Waals surface area contributed by atoms with E-state index >= 15 is 0 Å². The minimum atomic E-state index is -0.261. The molecule has 0 bridgehead atoms. The number of anilines is 1. The van der Waals surface area contributed by atoms with E-state index in [4.69, 9.17) is 5.73 Å². The Labute approximate surface area is 166 Å². The molecule has 0 saturated carbocycles. The molecule has 3 rings (SSSR count). The quantitative estimate of drug-likeness (QED) is 0.700. The van der Waals surface area contributed by atoms with Gasteiger partial charge in [0.1, 0.15) is 0 Å². The van der Waals surface area contributed by atoms with E-state index in [1.807, 2.05) is 18.2 Å². The number of hydrogen-bond acceptors (Lipinski definition) is 4. The maximum absolute atomic E-state index is 12.3. The number of carbonyl (C=O) groups is 2. The van der Waals surface area contributed by atoms with Crippen molar-refractivity contribution in [1.29, 1.82) is 0 Å². The highest BCUT2D eigenvalue weighted by Crippen LogP contribution is 2.38. The Morgan fingerprint density at radius 3 is 2.61 bits per heavy atom. The smallest absolute Gasteiger partial charge is 0.238 e. The molecule has 6 nitrogen and oxygen atoms in total. The van der Waals surface area contributed by atoms with Crippen LogP contribution >= 0.6 is 0 Å². The molecule has 1 saturated heterocycles. The molecule has 0 radical (unpaired) electrons. The topological polar surface area (TPSA) is 88.3 Å². The number of carbonyl (C=O) groups excluding carboxylic acids is 2. The fraction of sp³-hybridized carbons (Fsp3) is 0.409. The molecule has 6 heteroatoms.